The molecular formula is C13H22N4O. The smallest absolute Gasteiger partial charge is 0.148 e. The molecule has 0 saturated heterocycles. The van der Waals surface area contributed by atoms with E-state index in [9.17, 15) is 4.79 Å². The number of hydrogen-bond acceptors (Lipinski definition) is 5. The molecule has 0 aromatic carbocycles. The van der Waals surface area contributed by atoms with Crippen LogP contribution in [0, 0.1) is 5.92 Å². The monoisotopic (exact) mass is 250 g/mol. The zero-order chi connectivity index (χ0) is 13.4. The Labute approximate surface area is 108 Å². The highest BCUT2D eigenvalue weighted by Gasteiger charge is 2.00. The number of aromatic nitrogens is 2. The molecule has 0 unspecified atom stereocenters. The van der Waals surface area contributed by atoms with Gasteiger partial charge in [0.1, 0.15) is 23.7 Å². The number of carbonyl (C=O) groups is 1. The van der Waals surface area contributed by atoms with E-state index >= 15 is 0 Å². The number of carbonyl (C=O) groups excluding carboxylic acids is 1. The third kappa shape index (κ3) is 6.18. The molecule has 100 valence electrons. The molecule has 0 amide bonds. The Morgan fingerprint density at radius 1 is 1.28 bits per heavy atom. The van der Waals surface area contributed by atoms with Gasteiger partial charge in [-0.3, -0.25) is 4.79 Å². The van der Waals surface area contributed by atoms with Crippen molar-refractivity contribution < 1.29 is 4.79 Å². The van der Waals surface area contributed by atoms with Crippen molar-refractivity contribution in [2.75, 3.05) is 23.7 Å². The van der Waals surface area contributed by atoms with Crippen LogP contribution in [0.15, 0.2) is 12.4 Å². The maximum Gasteiger partial charge on any atom is 0.148 e. The molecule has 0 fully saturated rings. The summed E-state index contributed by atoms with van der Waals surface area (Å²) in [5.74, 6) is 2.27. The van der Waals surface area contributed by atoms with Gasteiger partial charge in [0.2, 0.25) is 0 Å². The summed E-state index contributed by atoms with van der Waals surface area (Å²) in [5.41, 5.74) is 0. The Hall–Kier alpha value is -1.65. The third-order valence-electron chi connectivity index (χ3n) is 2.45. The summed E-state index contributed by atoms with van der Waals surface area (Å²) in [6.07, 6.45) is 3.82. The van der Waals surface area contributed by atoms with Gasteiger partial charge in [0.05, 0.1) is 6.54 Å². The van der Waals surface area contributed by atoms with Crippen molar-refractivity contribution in [2.24, 2.45) is 5.92 Å². The number of hydrogen-bond donors (Lipinski definition) is 2. The van der Waals surface area contributed by atoms with E-state index in [1.165, 1.54) is 12.7 Å². The number of nitrogens with one attached hydrogen (secondary N) is 2. The second-order valence-electron chi connectivity index (χ2n) is 4.81. The van der Waals surface area contributed by atoms with Gasteiger partial charge in [-0.25, -0.2) is 9.97 Å². The van der Waals surface area contributed by atoms with E-state index in [0.29, 0.717) is 12.4 Å². The summed E-state index contributed by atoms with van der Waals surface area (Å²) in [7, 11) is 0. The minimum atomic E-state index is 0.0834. The summed E-state index contributed by atoms with van der Waals surface area (Å²) >= 11 is 0. The second kappa shape index (κ2) is 7.63. The van der Waals surface area contributed by atoms with Crippen LogP contribution in [0.2, 0.25) is 0 Å². The number of Topliss-reactive ketones (excluding diaryl/α,β-unsaturated/α-hetero) is 1. The standard InChI is InChI=1S/C13H22N4O/c1-10(2)5-4-6-14-12-7-13(17-9-16-12)15-8-11(3)18/h7,9-10H,4-6,8H2,1-3H3,(H2,14,15,16,17). The molecule has 0 radical (unpaired) electrons. The minimum absolute atomic E-state index is 0.0834. The average molecular weight is 250 g/mol. The van der Waals surface area contributed by atoms with Crippen molar-refractivity contribution in [3.05, 3.63) is 12.4 Å². The summed E-state index contributed by atoms with van der Waals surface area (Å²) in [6, 6.07) is 1.82. The molecule has 0 aliphatic carbocycles. The predicted octanol–water partition coefficient (Wildman–Crippen LogP) is 2.33. The fourth-order valence-corrected chi connectivity index (χ4v) is 1.49. The molecule has 1 rings (SSSR count). The summed E-state index contributed by atoms with van der Waals surface area (Å²) in [6.45, 7) is 7.17. The molecule has 0 spiro atoms. The van der Waals surface area contributed by atoms with Gasteiger partial charge in [0.25, 0.3) is 0 Å². The highest BCUT2D eigenvalue weighted by molar-refractivity contribution is 5.80. The molecule has 0 atom stereocenters. The highest BCUT2D eigenvalue weighted by Crippen LogP contribution is 2.09. The predicted molar refractivity (Wildman–Crippen MR) is 73.8 cm³/mol. The SMILES string of the molecule is CC(=O)CNc1cc(NCCCC(C)C)ncn1. The van der Waals surface area contributed by atoms with Gasteiger partial charge >= 0.3 is 0 Å². The lowest BCUT2D eigenvalue weighted by Gasteiger charge is -2.08. The Morgan fingerprint density at radius 3 is 2.56 bits per heavy atom. The Morgan fingerprint density at radius 2 is 1.94 bits per heavy atom. The van der Waals surface area contributed by atoms with Crippen LogP contribution in [-0.2, 0) is 4.79 Å². The maximum atomic E-state index is 10.9. The molecular weight excluding hydrogens is 228 g/mol. The lowest BCUT2D eigenvalue weighted by Crippen LogP contribution is -2.12. The van der Waals surface area contributed by atoms with Crippen molar-refractivity contribution in [1.29, 1.82) is 0 Å². The van der Waals surface area contributed by atoms with Crippen molar-refractivity contribution in [1.82, 2.24) is 9.97 Å². The molecule has 0 aliphatic heterocycles. The van der Waals surface area contributed by atoms with Crippen LogP contribution in [0.3, 0.4) is 0 Å². The minimum Gasteiger partial charge on any atom is -0.370 e. The zero-order valence-corrected chi connectivity index (χ0v) is 11.4. The van der Waals surface area contributed by atoms with Gasteiger partial charge in [-0.15, -0.1) is 0 Å². The fraction of sp³-hybridized carbons (Fsp3) is 0.615. The summed E-state index contributed by atoms with van der Waals surface area (Å²) in [4.78, 5) is 19.0. The molecule has 1 heterocycles. The number of nitrogens with zero attached hydrogens (tertiary/aromatic N) is 2. The molecule has 18 heavy (non-hydrogen) atoms. The Kier molecular flexibility index (Phi) is 6.11. The van der Waals surface area contributed by atoms with Crippen LogP contribution < -0.4 is 10.6 Å². The summed E-state index contributed by atoms with van der Waals surface area (Å²) in [5, 5.41) is 6.20. The molecule has 2 N–H and O–H groups in total. The first-order chi connectivity index (χ1) is 8.58. The fourth-order valence-electron chi connectivity index (χ4n) is 1.49. The van der Waals surface area contributed by atoms with Gasteiger partial charge in [0, 0.05) is 12.6 Å². The van der Waals surface area contributed by atoms with Crippen molar-refractivity contribution >= 4 is 17.4 Å². The maximum absolute atomic E-state index is 10.9. The quantitative estimate of drug-likeness (QED) is 0.693. The van der Waals surface area contributed by atoms with E-state index in [0.717, 1.165) is 24.7 Å². The van der Waals surface area contributed by atoms with Gasteiger partial charge < -0.3 is 10.6 Å². The normalized spacial score (nSPS) is 10.4. The number of ketones is 1. The van der Waals surface area contributed by atoms with Gasteiger partial charge in [-0.05, 0) is 25.7 Å². The molecule has 1 aromatic heterocycles. The van der Waals surface area contributed by atoms with Crippen LogP contribution in [0.1, 0.15) is 33.6 Å². The lowest BCUT2D eigenvalue weighted by molar-refractivity contribution is -0.115. The van der Waals surface area contributed by atoms with E-state index in [1.807, 2.05) is 6.07 Å². The van der Waals surface area contributed by atoms with Crippen LogP contribution >= 0.6 is 0 Å². The Bertz CT molecular complexity index is 379. The van der Waals surface area contributed by atoms with Gasteiger partial charge in [-0.1, -0.05) is 13.8 Å². The molecule has 0 bridgehead atoms. The van der Waals surface area contributed by atoms with E-state index < -0.39 is 0 Å². The van der Waals surface area contributed by atoms with E-state index in [2.05, 4.69) is 34.4 Å². The zero-order valence-electron chi connectivity index (χ0n) is 11.4. The second-order valence-corrected chi connectivity index (χ2v) is 4.81. The van der Waals surface area contributed by atoms with Crippen LogP contribution in [0.25, 0.3) is 0 Å². The number of anilines is 2. The van der Waals surface area contributed by atoms with Gasteiger partial charge in [0.15, 0.2) is 0 Å². The van der Waals surface area contributed by atoms with E-state index in [-0.39, 0.29) is 5.78 Å². The first-order valence-corrected chi connectivity index (χ1v) is 6.37. The van der Waals surface area contributed by atoms with Crippen LogP contribution in [0.5, 0.6) is 0 Å². The van der Waals surface area contributed by atoms with Crippen molar-refractivity contribution in [3.8, 4) is 0 Å². The topological polar surface area (TPSA) is 66.9 Å². The molecule has 5 nitrogen and oxygen atoms in total. The molecule has 5 heteroatoms. The highest BCUT2D eigenvalue weighted by atomic mass is 16.1. The summed E-state index contributed by atoms with van der Waals surface area (Å²) < 4.78 is 0. The van der Waals surface area contributed by atoms with Gasteiger partial charge in [-0.2, -0.15) is 0 Å². The van der Waals surface area contributed by atoms with Crippen LogP contribution in [-0.4, -0.2) is 28.8 Å². The number of rotatable bonds is 8. The molecule has 0 aliphatic rings. The average Bonchev–Trinajstić information content (AvgIpc) is 2.32. The lowest BCUT2D eigenvalue weighted by atomic mass is 10.1. The van der Waals surface area contributed by atoms with Crippen molar-refractivity contribution in [3.63, 3.8) is 0 Å². The van der Waals surface area contributed by atoms with E-state index in [1.54, 1.807) is 6.92 Å². The molecule has 1 aromatic rings. The molecule has 0 saturated carbocycles. The Balaban J connectivity index is 2.37. The largest absolute Gasteiger partial charge is 0.370 e. The van der Waals surface area contributed by atoms with Crippen LogP contribution in [0.4, 0.5) is 11.6 Å². The third-order valence-corrected chi connectivity index (χ3v) is 2.45. The first kappa shape index (κ1) is 14.4. The van der Waals surface area contributed by atoms with Crippen molar-refractivity contribution in [2.45, 2.75) is 33.6 Å². The van der Waals surface area contributed by atoms with E-state index in [4.69, 9.17) is 0 Å². The first-order valence-electron chi connectivity index (χ1n) is 6.37.